The molecule has 0 spiro atoms. The van der Waals surface area contributed by atoms with Crippen LogP contribution in [0.1, 0.15) is 37.4 Å². The lowest BCUT2D eigenvalue weighted by Gasteiger charge is -2.04. The summed E-state index contributed by atoms with van der Waals surface area (Å²) in [4.78, 5) is 15.0. The zero-order chi connectivity index (χ0) is 18.5. The molecule has 3 nitrogen and oxygen atoms in total. The second-order valence-corrected chi connectivity index (χ2v) is 8.32. The molecule has 1 aliphatic carbocycles. The summed E-state index contributed by atoms with van der Waals surface area (Å²) in [5, 5.41) is 6.79. The Morgan fingerprint density at radius 3 is 2.73 bits per heavy atom. The molecule has 1 saturated carbocycles. The zero-order valence-corrected chi connectivity index (χ0v) is 16.3. The first-order chi connectivity index (χ1) is 12.4. The first-order valence-electron chi connectivity index (χ1n) is 9.27. The Hall–Kier alpha value is -2.00. The maximum atomic E-state index is 11.4. The molecule has 26 heavy (non-hydrogen) atoms. The van der Waals surface area contributed by atoms with E-state index in [1.165, 1.54) is 32.9 Å². The number of rotatable bonds is 5. The molecule has 0 radical (unpaired) electrons. The molecule has 4 rings (SSSR count). The Bertz CT molecular complexity index is 988. The quantitative estimate of drug-likeness (QED) is 0.603. The van der Waals surface area contributed by atoms with Gasteiger partial charge in [-0.25, -0.2) is 0 Å². The van der Waals surface area contributed by atoms with Gasteiger partial charge in [-0.1, -0.05) is 50.2 Å². The van der Waals surface area contributed by atoms with Crippen LogP contribution < -0.4 is 5.32 Å². The molecule has 3 aromatic rings. The van der Waals surface area contributed by atoms with E-state index in [1.807, 2.05) is 0 Å². The van der Waals surface area contributed by atoms with Crippen molar-refractivity contribution in [3.8, 4) is 0 Å². The number of aryl methyl sites for hydroxylation is 1. The van der Waals surface area contributed by atoms with Crippen LogP contribution >= 0.6 is 11.6 Å². The number of amides is 1. The Morgan fingerprint density at radius 1 is 1.19 bits per heavy atom. The highest BCUT2D eigenvalue weighted by molar-refractivity contribution is 6.27. The van der Waals surface area contributed by atoms with Crippen LogP contribution in [0.5, 0.6) is 0 Å². The van der Waals surface area contributed by atoms with Crippen LogP contribution in [0.3, 0.4) is 0 Å². The SMILES string of the molecule is Cc1[nH]c2c(ccc3ccccc32)c1[C@@H]1[C@@H](CCNC(=O)CCl)C1(C)C. The molecule has 1 fully saturated rings. The van der Waals surface area contributed by atoms with Crippen LogP contribution in [0.25, 0.3) is 21.7 Å². The predicted octanol–water partition coefficient (Wildman–Crippen LogP) is 5.11. The number of hydrogen-bond donors (Lipinski definition) is 2. The van der Waals surface area contributed by atoms with Crippen LogP contribution in [-0.4, -0.2) is 23.3 Å². The second kappa shape index (κ2) is 6.31. The van der Waals surface area contributed by atoms with Crippen molar-refractivity contribution < 1.29 is 4.79 Å². The summed E-state index contributed by atoms with van der Waals surface area (Å²) < 4.78 is 0. The van der Waals surface area contributed by atoms with Crippen LogP contribution in [0.2, 0.25) is 0 Å². The van der Waals surface area contributed by atoms with Gasteiger partial charge in [0.15, 0.2) is 0 Å². The van der Waals surface area contributed by atoms with Gasteiger partial charge in [-0.05, 0) is 41.5 Å². The highest BCUT2D eigenvalue weighted by Gasteiger charge is 2.58. The van der Waals surface area contributed by atoms with Gasteiger partial charge in [-0.15, -0.1) is 11.6 Å². The number of carbonyl (C=O) groups is 1. The first-order valence-corrected chi connectivity index (χ1v) is 9.81. The molecular weight excluding hydrogens is 344 g/mol. The van der Waals surface area contributed by atoms with Crippen molar-refractivity contribution in [2.45, 2.75) is 33.1 Å². The van der Waals surface area contributed by atoms with E-state index in [0.29, 0.717) is 18.4 Å². The van der Waals surface area contributed by atoms with E-state index >= 15 is 0 Å². The molecule has 2 atom stereocenters. The third-order valence-corrected chi connectivity index (χ3v) is 6.44. The van der Waals surface area contributed by atoms with Crippen molar-refractivity contribution in [2.75, 3.05) is 12.4 Å². The molecule has 0 unspecified atom stereocenters. The summed E-state index contributed by atoms with van der Waals surface area (Å²) in [6.07, 6.45) is 0.986. The molecular formula is C22H25ClN2O. The Balaban J connectivity index is 1.67. The molecule has 1 aliphatic rings. The number of carbonyl (C=O) groups excluding carboxylic acids is 1. The van der Waals surface area contributed by atoms with Gasteiger partial charge in [0.25, 0.3) is 0 Å². The number of aromatic amines is 1. The van der Waals surface area contributed by atoms with Crippen molar-refractivity contribution in [2.24, 2.45) is 11.3 Å². The molecule has 1 amide bonds. The van der Waals surface area contributed by atoms with Gasteiger partial charge in [0.05, 0.1) is 5.52 Å². The summed E-state index contributed by atoms with van der Waals surface area (Å²) >= 11 is 5.57. The largest absolute Gasteiger partial charge is 0.358 e. The fourth-order valence-electron chi connectivity index (χ4n) is 4.76. The van der Waals surface area contributed by atoms with E-state index in [1.54, 1.807) is 0 Å². The molecule has 0 saturated heterocycles. The minimum absolute atomic E-state index is 0.0338. The summed E-state index contributed by atoms with van der Waals surface area (Å²) in [6, 6.07) is 13.0. The van der Waals surface area contributed by atoms with E-state index in [9.17, 15) is 4.79 Å². The summed E-state index contributed by atoms with van der Waals surface area (Å²) in [6.45, 7) is 7.56. The van der Waals surface area contributed by atoms with Gasteiger partial charge in [-0.3, -0.25) is 4.79 Å². The van der Waals surface area contributed by atoms with Gasteiger partial charge in [0.2, 0.25) is 5.91 Å². The van der Waals surface area contributed by atoms with E-state index in [2.05, 4.69) is 67.5 Å². The molecule has 136 valence electrons. The highest BCUT2D eigenvalue weighted by atomic mass is 35.5. The predicted molar refractivity (Wildman–Crippen MR) is 109 cm³/mol. The van der Waals surface area contributed by atoms with Gasteiger partial charge in [-0.2, -0.15) is 0 Å². The fourth-order valence-corrected chi connectivity index (χ4v) is 4.85. The second-order valence-electron chi connectivity index (χ2n) is 8.05. The summed E-state index contributed by atoms with van der Waals surface area (Å²) in [5.41, 5.74) is 4.20. The minimum atomic E-state index is -0.0867. The maximum Gasteiger partial charge on any atom is 0.234 e. The molecule has 2 aromatic carbocycles. The smallest absolute Gasteiger partial charge is 0.234 e. The first kappa shape index (κ1) is 17.4. The van der Waals surface area contributed by atoms with Gasteiger partial charge in [0, 0.05) is 23.0 Å². The van der Waals surface area contributed by atoms with Crippen LogP contribution in [0, 0.1) is 18.3 Å². The topological polar surface area (TPSA) is 44.9 Å². The zero-order valence-electron chi connectivity index (χ0n) is 15.5. The number of nitrogens with one attached hydrogen (secondary N) is 2. The van der Waals surface area contributed by atoms with E-state index in [0.717, 1.165) is 6.42 Å². The number of aromatic nitrogens is 1. The van der Waals surface area contributed by atoms with Crippen molar-refractivity contribution in [1.29, 1.82) is 0 Å². The lowest BCUT2D eigenvalue weighted by atomic mass is 9.98. The molecule has 0 bridgehead atoms. The number of hydrogen-bond acceptors (Lipinski definition) is 1. The van der Waals surface area contributed by atoms with Gasteiger partial charge >= 0.3 is 0 Å². The average molecular weight is 369 g/mol. The van der Waals surface area contributed by atoms with E-state index in [-0.39, 0.29) is 17.2 Å². The van der Waals surface area contributed by atoms with E-state index in [4.69, 9.17) is 11.6 Å². The molecule has 0 aliphatic heterocycles. The number of H-pyrrole nitrogens is 1. The Labute approximate surface area is 159 Å². The fraction of sp³-hybridized carbons (Fsp3) is 0.409. The summed E-state index contributed by atoms with van der Waals surface area (Å²) in [5.74, 6) is 1.04. The Morgan fingerprint density at radius 2 is 1.96 bits per heavy atom. The molecule has 1 heterocycles. The standard InChI is InChI=1S/C22H25ClN2O/c1-13-19(20-17(22(20,2)3)10-11-24-18(26)12-23)16-9-8-14-6-4-5-7-15(14)21(16)25-13/h4-9,17,20,25H,10-12H2,1-3H3,(H,24,26)/t17-,20+/m1/s1. The molecule has 2 N–H and O–H groups in total. The average Bonchev–Trinajstić information content (AvgIpc) is 2.99. The van der Waals surface area contributed by atoms with Gasteiger partial charge < -0.3 is 10.3 Å². The van der Waals surface area contributed by atoms with E-state index < -0.39 is 0 Å². The highest BCUT2D eigenvalue weighted by Crippen LogP contribution is 2.67. The van der Waals surface area contributed by atoms with Crippen LogP contribution in [0.15, 0.2) is 36.4 Å². The maximum absolute atomic E-state index is 11.4. The number of halogens is 1. The van der Waals surface area contributed by atoms with Crippen molar-refractivity contribution in [1.82, 2.24) is 10.3 Å². The summed E-state index contributed by atoms with van der Waals surface area (Å²) in [7, 11) is 0. The van der Waals surface area contributed by atoms with Crippen molar-refractivity contribution in [3.63, 3.8) is 0 Å². The molecule has 4 heteroatoms. The van der Waals surface area contributed by atoms with Gasteiger partial charge in [0.1, 0.15) is 5.88 Å². The Kier molecular flexibility index (Phi) is 4.23. The van der Waals surface area contributed by atoms with Crippen LogP contribution in [0.4, 0.5) is 0 Å². The lowest BCUT2D eigenvalue weighted by Crippen LogP contribution is -2.25. The number of fused-ring (bicyclic) bond motifs is 3. The normalized spacial score (nSPS) is 21.2. The molecule has 1 aromatic heterocycles. The van der Waals surface area contributed by atoms with Crippen LogP contribution in [-0.2, 0) is 4.79 Å². The third-order valence-electron chi connectivity index (χ3n) is 6.20. The minimum Gasteiger partial charge on any atom is -0.358 e. The number of benzene rings is 2. The van der Waals surface area contributed by atoms with Crippen molar-refractivity contribution in [3.05, 3.63) is 47.7 Å². The number of alkyl halides is 1. The lowest BCUT2D eigenvalue weighted by molar-refractivity contribution is -0.118. The third kappa shape index (κ3) is 2.69. The monoisotopic (exact) mass is 368 g/mol. The van der Waals surface area contributed by atoms with Crippen molar-refractivity contribution >= 4 is 39.2 Å².